The average molecular weight is 453 g/mol. The molecule has 0 aliphatic heterocycles. The van der Waals surface area contributed by atoms with Crippen molar-refractivity contribution in [3.8, 4) is 12.3 Å². The minimum Gasteiger partial charge on any atom is -0.413 e. The zero-order chi connectivity index (χ0) is 23.6. The van der Waals surface area contributed by atoms with Crippen LogP contribution in [-0.4, -0.2) is 42.0 Å². The molecule has 0 aliphatic rings. The molecule has 0 unspecified atom stereocenters. The molecule has 0 rings (SSSR count). The van der Waals surface area contributed by atoms with E-state index in [4.69, 9.17) is 20.3 Å². The van der Waals surface area contributed by atoms with Crippen LogP contribution in [0.15, 0.2) is 24.3 Å². The first-order valence-electron chi connectivity index (χ1n) is 11.2. The van der Waals surface area contributed by atoms with Gasteiger partial charge in [0.1, 0.15) is 6.79 Å². The first-order valence-corrected chi connectivity index (χ1v) is 17.8. The van der Waals surface area contributed by atoms with Crippen molar-refractivity contribution in [3.05, 3.63) is 24.3 Å². The van der Waals surface area contributed by atoms with Crippen LogP contribution in [0.1, 0.15) is 48.0 Å². The molecule has 3 nitrogen and oxygen atoms in total. The third-order valence-corrected chi connectivity index (χ3v) is 12.3. The van der Waals surface area contributed by atoms with E-state index in [-0.39, 0.29) is 22.7 Å². The molecule has 0 N–H and O–H groups in total. The third kappa shape index (κ3) is 10.6. The molecule has 5 heteroatoms. The average Bonchev–Trinajstić information content (AvgIpc) is 2.57. The number of allylic oxidation sites excluding steroid dienone is 2. The summed E-state index contributed by atoms with van der Waals surface area (Å²) in [5, 5.41) is 0.133. The van der Waals surface area contributed by atoms with Gasteiger partial charge in [-0.25, -0.2) is 0 Å². The molecular weight excluding hydrogens is 404 g/mol. The summed E-state index contributed by atoms with van der Waals surface area (Å²) in [6, 6.07) is 1.14. The maximum absolute atomic E-state index is 6.88. The molecule has 0 amide bonds. The lowest BCUT2D eigenvalue weighted by molar-refractivity contribution is -0.125. The Morgan fingerprint density at radius 3 is 2.10 bits per heavy atom. The summed E-state index contributed by atoms with van der Waals surface area (Å²) in [6.07, 6.45) is 14.1. The van der Waals surface area contributed by atoms with Crippen LogP contribution in [0.2, 0.25) is 43.8 Å². The van der Waals surface area contributed by atoms with E-state index in [0.717, 1.165) is 19.1 Å². The molecule has 0 heterocycles. The number of rotatable bonds is 13. The molecule has 0 spiro atoms. The molecular formula is C25H48O3Si2. The Labute approximate surface area is 189 Å². The maximum Gasteiger partial charge on any atom is 0.192 e. The van der Waals surface area contributed by atoms with E-state index in [2.05, 4.69) is 85.4 Å². The predicted molar refractivity (Wildman–Crippen MR) is 137 cm³/mol. The van der Waals surface area contributed by atoms with Gasteiger partial charge in [0, 0.05) is 20.1 Å². The van der Waals surface area contributed by atoms with Gasteiger partial charge in [-0.3, -0.25) is 0 Å². The summed E-state index contributed by atoms with van der Waals surface area (Å²) in [7, 11) is -3.06. The Morgan fingerprint density at radius 1 is 1.03 bits per heavy atom. The van der Waals surface area contributed by atoms with Crippen LogP contribution in [0.25, 0.3) is 0 Å². The Kier molecular flexibility index (Phi) is 12.1. The first-order chi connectivity index (χ1) is 13.6. The molecule has 0 aromatic carbocycles. The van der Waals surface area contributed by atoms with E-state index in [1.54, 1.807) is 6.08 Å². The topological polar surface area (TPSA) is 27.7 Å². The van der Waals surface area contributed by atoms with Gasteiger partial charge in [0.15, 0.2) is 8.32 Å². The quantitative estimate of drug-likeness (QED) is 0.0967. The summed E-state index contributed by atoms with van der Waals surface area (Å²) in [5.74, 6) is 2.60. The lowest BCUT2D eigenvalue weighted by Crippen LogP contribution is -2.51. The lowest BCUT2D eigenvalue weighted by Gasteiger charge is -2.46. The highest BCUT2D eigenvalue weighted by Crippen LogP contribution is 2.42. The zero-order valence-electron chi connectivity index (χ0n) is 21.6. The molecule has 2 atom stereocenters. The van der Waals surface area contributed by atoms with Crippen molar-refractivity contribution < 1.29 is 13.9 Å². The molecule has 0 aliphatic carbocycles. The standard InChI is InChI=1S/C25H48O3Si2/c1-13-15-16-18-23(28-30(11,12)24(3,4)5)25(6,7)22(17-14-2)27-21-26-19-20-29(8,9)10/h1,14-17,22-23H,18-21H2,2-12H3/b16-15-,17-14+/t22-,23-/m0/s1. The lowest BCUT2D eigenvalue weighted by atomic mass is 9.79. The summed E-state index contributed by atoms with van der Waals surface area (Å²) < 4.78 is 18.9. The summed E-state index contributed by atoms with van der Waals surface area (Å²) in [6.45, 7) is 26.0. The van der Waals surface area contributed by atoms with Gasteiger partial charge >= 0.3 is 0 Å². The van der Waals surface area contributed by atoms with Gasteiger partial charge in [0.2, 0.25) is 0 Å². The van der Waals surface area contributed by atoms with Gasteiger partial charge in [-0.15, -0.1) is 6.42 Å². The van der Waals surface area contributed by atoms with E-state index in [0.29, 0.717) is 6.79 Å². The monoisotopic (exact) mass is 452 g/mol. The summed E-state index contributed by atoms with van der Waals surface area (Å²) in [4.78, 5) is 0. The molecule has 0 aromatic rings. The number of terminal acetylenes is 1. The van der Waals surface area contributed by atoms with E-state index >= 15 is 0 Å². The van der Waals surface area contributed by atoms with Crippen molar-refractivity contribution >= 4 is 16.4 Å². The largest absolute Gasteiger partial charge is 0.413 e. The van der Waals surface area contributed by atoms with E-state index in [1.807, 2.05) is 13.0 Å². The SMILES string of the molecule is C#C/C=C\C[C@H](O[Si](C)(C)C(C)(C)C)C(C)(C)[C@H](/C=C/C)OCOCC[Si](C)(C)C. The Bertz CT molecular complexity index is 587. The number of hydrogen-bond acceptors (Lipinski definition) is 3. The van der Waals surface area contributed by atoms with Crippen molar-refractivity contribution in [1.29, 1.82) is 0 Å². The van der Waals surface area contributed by atoms with Crippen LogP contribution in [0.4, 0.5) is 0 Å². The second-order valence-corrected chi connectivity index (χ2v) is 21.8. The van der Waals surface area contributed by atoms with Crippen LogP contribution < -0.4 is 0 Å². The van der Waals surface area contributed by atoms with Crippen LogP contribution >= 0.6 is 0 Å². The van der Waals surface area contributed by atoms with E-state index < -0.39 is 16.4 Å². The smallest absolute Gasteiger partial charge is 0.192 e. The highest BCUT2D eigenvalue weighted by atomic mass is 28.4. The minimum absolute atomic E-state index is 0.00817. The third-order valence-electron chi connectivity index (χ3n) is 6.07. The predicted octanol–water partition coefficient (Wildman–Crippen LogP) is 7.26. The van der Waals surface area contributed by atoms with Crippen LogP contribution in [-0.2, 0) is 13.9 Å². The fourth-order valence-corrected chi connectivity index (χ4v) is 4.95. The molecule has 0 saturated carbocycles. The number of hydrogen-bond donors (Lipinski definition) is 0. The first kappa shape index (κ1) is 29.4. The number of ether oxygens (including phenoxy) is 2. The Hall–Kier alpha value is -0.646. The van der Waals surface area contributed by atoms with E-state index in [1.165, 1.54) is 0 Å². The highest BCUT2D eigenvalue weighted by Gasteiger charge is 2.44. The van der Waals surface area contributed by atoms with Gasteiger partial charge in [0.05, 0.1) is 12.2 Å². The van der Waals surface area contributed by atoms with Crippen molar-refractivity contribution in [2.75, 3.05) is 13.4 Å². The van der Waals surface area contributed by atoms with Gasteiger partial charge < -0.3 is 13.9 Å². The van der Waals surface area contributed by atoms with Gasteiger partial charge in [-0.05, 0) is 43.6 Å². The molecule has 174 valence electrons. The zero-order valence-corrected chi connectivity index (χ0v) is 23.6. The normalized spacial score (nSPS) is 16.2. The molecule has 0 aromatic heterocycles. The Morgan fingerprint density at radius 2 is 1.63 bits per heavy atom. The van der Waals surface area contributed by atoms with Gasteiger partial charge in [0.25, 0.3) is 0 Å². The molecule has 0 bridgehead atoms. The van der Waals surface area contributed by atoms with Crippen molar-refractivity contribution in [3.63, 3.8) is 0 Å². The second-order valence-electron chi connectivity index (χ2n) is 11.4. The molecule has 0 saturated heterocycles. The highest BCUT2D eigenvalue weighted by molar-refractivity contribution is 6.76. The van der Waals surface area contributed by atoms with E-state index in [9.17, 15) is 0 Å². The fraction of sp³-hybridized carbons (Fsp3) is 0.760. The second kappa shape index (κ2) is 12.4. The van der Waals surface area contributed by atoms with Crippen molar-refractivity contribution in [2.24, 2.45) is 5.41 Å². The van der Waals surface area contributed by atoms with Crippen LogP contribution in [0.5, 0.6) is 0 Å². The van der Waals surface area contributed by atoms with Gasteiger partial charge in [-0.2, -0.15) is 0 Å². The minimum atomic E-state index is -1.96. The molecule has 0 fully saturated rings. The Balaban J connectivity index is 5.45. The van der Waals surface area contributed by atoms with Crippen LogP contribution in [0, 0.1) is 17.8 Å². The van der Waals surface area contributed by atoms with Crippen molar-refractivity contribution in [2.45, 2.75) is 104 Å². The van der Waals surface area contributed by atoms with Gasteiger partial charge in [-0.1, -0.05) is 78.4 Å². The molecule has 30 heavy (non-hydrogen) atoms. The summed E-state index contributed by atoms with van der Waals surface area (Å²) in [5.41, 5.74) is -0.247. The van der Waals surface area contributed by atoms with Crippen molar-refractivity contribution in [1.82, 2.24) is 0 Å². The maximum atomic E-state index is 6.88. The van der Waals surface area contributed by atoms with Crippen LogP contribution in [0.3, 0.4) is 0 Å². The fourth-order valence-electron chi connectivity index (χ4n) is 2.73. The summed E-state index contributed by atoms with van der Waals surface area (Å²) >= 11 is 0. The molecule has 0 radical (unpaired) electrons.